The van der Waals surface area contributed by atoms with Crippen LogP contribution in [0.1, 0.15) is 41.2 Å². The zero-order chi connectivity index (χ0) is 24.9. The number of nitrogens with zero attached hydrogens (tertiary/aromatic N) is 3. The van der Waals surface area contributed by atoms with Gasteiger partial charge in [0.1, 0.15) is 18.8 Å². The van der Waals surface area contributed by atoms with Crippen molar-refractivity contribution >= 4 is 29.3 Å². The maximum Gasteiger partial charge on any atom is 0.434 e. The van der Waals surface area contributed by atoms with Gasteiger partial charge in [-0.1, -0.05) is 12.1 Å². The number of rotatable bonds is 4. The molecule has 0 spiro atoms. The van der Waals surface area contributed by atoms with Gasteiger partial charge in [0.15, 0.2) is 11.3 Å². The molecule has 0 bridgehead atoms. The Morgan fingerprint density at radius 1 is 0.970 bits per heavy atom. The van der Waals surface area contributed by atoms with E-state index in [-0.39, 0.29) is 28.2 Å². The monoisotopic (exact) mass is 490 g/mol. The second-order valence-corrected chi connectivity index (χ2v) is 11.3. The van der Waals surface area contributed by atoms with Gasteiger partial charge in [0, 0.05) is 5.30 Å². The Hall–Kier alpha value is -2.68. The van der Waals surface area contributed by atoms with Crippen LogP contribution in [0.25, 0.3) is 11.0 Å². The zero-order valence-corrected chi connectivity index (χ0v) is 19.2. The largest absolute Gasteiger partial charge is 0.434 e. The second-order valence-electron chi connectivity index (χ2n) is 8.08. The highest BCUT2D eigenvalue weighted by molar-refractivity contribution is 7.70. The summed E-state index contributed by atoms with van der Waals surface area (Å²) in [4.78, 5) is 11.8. The number of anilines is 1. The minimum Gasteiger partial charge on any atom is -0.363 e. The number of fused-ring (bicyclic) bond motifs is 1. The number of aryl methyl sites for hydroxylation is 1. The number of aromatic nitrogens is 3. The van der Waals surface area contributed by atoms with Gasteiger partial charge in [0.25, 0.3) is 0 Å². The highest BCUT2D eigenvalue weighted by atomic mass is 31.2. The number of halogens is 6. The summed E-state index contributed by atoms with van der Waals surface area (Å²) < 4.78 is 93.3. The molecule has 2 aromatic heterocycles. The second kappa shape index (κ2) is 8.27. The van der Waals surface area contributed by atoms with Crippen molar-refractivity contribution < 1.29 is 30.9 Å². The van der Waals surface area contributed by atoms with Crippen LogP contribution >= 0.6 is 7.14 Å². The molecule has 12 heteroatoms. The first-order chi connectivity index (χ1) is 15.0. The van der Waals surface area contributed by atoms with Crippen LogP contribution in [0.15, 0.2) is 24.3 Å². The van der Waals surface area contributed by atoms with E-state index in [1.165, 1.54) is 39.3 Å². The fourth-order valence-corrected chi connectivity index (χ4v) is 4.72. The number of pyridine rings is 1. The molecule has 5 nitrogen and oxygen atoms in total. The normalized spacial score (nSPS) is 13.9. The Morgan fingerprint density at radius 2 is 1.61 bits per heavy atom. The summed E-state index contributed by atoms with van der Waals surface area (Å²) in [6.07, 6.45) is -9.38. The lowest BCUT2D eigenvalue weighted by Gasteiger charge is -2.22. The van der Waals surface area contributed by atoms with E-state index in [4.69, 9.17) is 0 Å². The van der Waals surface area contributed by atoms with Crippen LogP contribution in [0.4, 0.5) is 32.2 Å². The first-order valence-electron chi connectivity index (χ1n) is 9.75. The van der Waals surface area contributed by atoms with Gasteiger partial charge in [0.2, 0.25) is 0 Å². The van der Waals surface area contributed by atoms with Gasteiger partial charge in [-0.3, -0.25) is 0 Å². The Bertz CT molecular complexity index is 1270. The average molecular weight is 490 g/mol. The van der Waals surface area contributed by atoms with E-state index in [1.807, 2.05) is 0 Å². The fraction of sp³-hybridized carbons (Fsp3) is 0.381. The van der Waals surface area contributed by atoms with Crippen LogP contribution in [0.3, 0.4) is 0 Å². The molecule has 0 saturated heterocycles. The van der Waals surface area contributed by atoms with Crippen LogP contribution in [0.5, 0.6) is 0 Å². The zero-order valence-electron chi connectivity index (χ0n) is 18.4. The molecule has 1 aromatic carbocycles. The quantitative estimate of drug-likeness (QED) is 0.354. The van der Waals surface area contributed by atoms with Crippen molar-refractivity contribution in [3.8, 4) is 0 Å². The number of hydrogen-bond donors (Lipinski definition) is 1. The highest BCUT2D eigenvalue weighted by Crippen LogP contribution is 2.42. The molecule has 0 aliphatic heterocycles. The third-order valence-corrected chi connectivity index (χ3v) is 6.63. The molecule has 0 fully saturated rings. The maximum absolute atomic E-state index is 13.6. The predicted octanol–water partition coefficient (Wildman–Crippen LogP) is 6.10. The lowest BCUT2D eigenvalue weighted by atomic mass is 9.97. The molecule has 0 aliphatic carbocycles. The standard InChI is InChI=1S/C21H21F6N4OP/c1-10-13(7-6-8-15(10)20(22,23)24)11(2)28-18-14-9-16(33(4,5)32)17(21(25,26)27)31-19(14)30-12(3)29-18/h6-9,11H,1-5H3,(H,28,29,30,31). The molecule has 0 aliphatic rings. The van der Waals surface area contributed by atoms with Crippen LogP contribution in [0, 0.1) is 13.8 Å². The third kappa shape index (κ3) is 5.13. The highest BCUT2D eigenvalue weighted by Gasteiger charge is 2.39. The molecule has 0 amide bonds. The van der Waals surface area contributed by atoms with Crippen molar-refractivity contribution in [2.75, 3.05) is 18.6 Å². The molecule has 1 unspecified atom stereocenters. The van der Waals surface area contributed by atoms with Gasteiger partial charge in [0.05, 0.1) is 17.0 Å². The Kier molecular flexibility index (Phi) is 6.25. The third-order valence-electron chi connectivity index (χ3n) is 5.13. The summed E-state index contributed by atoms with van der Waals surface area (Å²) in [7, 11) is -3.40. The van der Waals surface area contributed by atoms with Crippen LogP contribution in [0.2, 0.25) is 0 Å². The van der Waals surface area contributed by atoms with Crippen LogP contribution in [-0.2, 0) is 16.9 Å². The van der Waals surface area contributed by atoms with E-state index in [0.717, 1.165) is 12.1 Å². The fourth-order valence-electron chi connectivity index (χ4n) is 3.59. The Morgan fingerprint density at radius 3 is 2.15 bits per heavy atom. The lowest BCUT2D eigenvalue weighted by Crippen LogP contribution is -2.23. The summed E-state index contributed by atoms with van der Waals surface area (Å²) in [5.41, 5.74) is -1.97. The van der Waals surface area contributed by atoms with Crippen molar-refractivity contribution in [3.05, 3.63) is 52.5 Å². The molecule has 3 rings (SSSR count). The Labute approximate surface area is 186 Å². The molecule has 3 aromatic rings. The molecule has 178 valence electrons. The topological polar surface area (TPSA) is 67.8 Å². The average Bonchev–Trinajstić information content (AvgIpc) is 2.64. The molecule has 1 N–H and O–H groups in total. The van der Waals surface area contributed by atoms with Crippen molar-refractivity contribution in [3.63, 3.8) is 0 Å². The summed E-state index contributed by atoms with van der Waals surface area (Å²) in [5.74, 6) is 0.195. The molecular formula is C21H21F6N4OP. The summed E-state index contributed by atoms with van der Waals surface area (Å²) >= 11 is 0. The van der Waals surface area contributed by atoms with Crippen LogP contribution < -0.4 is 10.6 Å². The van der Waals surface area contributed by atoms with Crippen molar-refractivity contribution in [2.45, 2.75) is 39.2 Å². The van der Waals surface area contributed by atoms with Crippen molar-refractivity contribution in [1.29, 1.82) is 0 Å². The smallest absolute Gasteiger partial charge is 0.363 e. The van der Waals surface area contributed by atoms with Crippen LogP contribution in [-0.4, -0.2) is 28.3 Å². The van der Waals surface area contributed by atoms with Gasteiger partial charge in [-0.25, -0.2) is 15.0 Å². The number of benzene rings is 1. The van der Waals surface area contributed by atoms with Gasteiger partial charge in [-0.15, -0.1) is 0 Å². The van der Waals surface area contributed by atoms with E-state index >= 15 is 0 Å². The van der Waals surface area contributed by atoms with Crippen molar-refractivity contribution in [2.24, 2.45) is 0 Å². The van der Waals surface area contributed by atoms with E-state index in [9.17, 15) is 30.9 Å². The van der Waals surface area contributed by atoms with Crippen molar-refractivity contribution in [1.82, 2.24) is 15.0 Å². The number of alkyl halides is 6. The minimum absolute atomic E-state index is 0.0184. The van der Waals surface area contributed by atoms with Gasteiger partial charge in [-0.05, 0) is 57.4 Å². The van der Waals surface area contributed by atoms with E-state index in [0.29, 0.717) is 5.56 Å². The Balaban J connectivity index is 2.18. The lowest BCUT2D eigenvalue weighted by molar-refractivity contribution is -0.140. The molecule has 0 radical (unpaired) electrons. The SMILES string of the molecule is Cc1nc(NC(C)c2cccc(C(F)(F)F)c2C)c2cc(P(C)(C)=O)c(C(F)(F)F)nc2n1. The summed E-state index contributed by atoms with van der Waals surface area (Å²) in [6.45, 7) is 6.80. The molecule has 0 saturated carbocycles. The molecule has 2 heterocycles. The summed E-state index contributed by atoms with van der Waals surface area (Å²) in [6, 6.07) is 4.19. The minimum atomic E-state index is -4.85. The maximum atomic E-state index is 13.6. The molecular weight excluding hydrogens is 469 g/mol. The first kappa shape index (κ1) is 25.0. The molecule has 33 heavy (non-hydrogen) atoms. The number of hydrogen-bond acceptors (Lipinski definition) is 5. The van der Waals surface area contributed by atoms with E-state index in [2.05, 4.69) is 20.3 Å². The summed E-state index contributed by atoms with van der Waals surface area (Å²) in [5, 5.41) is 2.58. The van der Waals surface area contributed by atoms with E-state index in [1.54, 1.807) is 6.92 Å². The van der Waals surface area contributed by atoms with Gasteiger partial charge in [-0.2, -0.15) is 26.3 Å². The van der Waals surface area contributed by atoms with Gasteiger partial charge < -0.3 is 9.88 Å². The number of nitrogens with one attached hydrogen (secondary N) is 1. The molecule has 1 atom stereocenters. The van der Waals surface area contributed by atoms with E-state index < -0.39 is 42.1 Å². The first-order valence-corrected chi connectivity index (χ1v) is 12.4. The predicted molar refractivity (Wildman–Crippen MR) is 114 cm³/mol. The van der Waals surface area contributed by atoms with Gasteiger partial charge >= 0.3 is 12.4 Å².